The van der Waals surface area contributed by atoms with Gasteiger partial charge < -0.3 is 23.8 Å². The van der Waals surface area contributed by atoms with E-state index in [0.717, 1.165) is 4.90 Å². The van der Waals surface area contributed by atoms with Gasteiger partial charge >= 0.3 is 24.4 Å². The fraction of sp³-hybridized carbons (Fsp3) is 0.613. The van der Waals surface area contributed by atoms with Gasteiger partial charge in [-0.3, -0.25) is 4.79 Å². The van der Waals surface area contributed by atoms with E-state index < -0.39 is 59.1 Å². The fourth-order valence-electron chi connectivity index (χ4n) is 3.66. The van der Waals surface area contributed by atoms with Gasteiger partial charge in [-0.05, 0) is 95.2 Å². The van der Waals surface area contributed by atoms with Crippen LogP contribution in [0, 0.1) is 0 Å². The normalized spacial score (nSPS) is 12.4. The molecule has 0 unspecified atom stereocenters. The number of carbonyl (C=O) groups is 5. The number of imidazole rings is 1. The summed E-state index contributed by atoms with van der Waals surface area (Å²) in [6.45, 7) is 19.1. The molecule has 0 aliphatic rings. The van der Waals surface area contributed by atoms with E-state index >= 15 is 0 Å². The molecule has 0 saturated carbocycles. The summed E-state index contributed by atoms with van der Waals surface area (Å²) in [5, 5.41) is 0. The van der Waals surface area contributed by atoms with Gasteiger partial charge in [0.05, 0.1) is 17.6 Å². The smallest absolute Gasteiger partial charge is 0.426 e. The van der Waals surface area contributed by atoms with E-state index in [9.17, 15) is 24.0 Å². The number of amides is 4. The zero-order valence-corrected chi connectivity index (χ0v) is 27.9. The Labute approximate surface area is 258 Å². The molecule has 0 N–H and O–H groups in total. The van der Waals surface area contributed by atoms with Crippen molar-refractivity contribution in [1.29, 1.82) is 0 Å². The van der Waals surface area contributed by atoms with Crippen LogP contribution in [0.4, 0.5) is 19.2 Å². The highest BCUT2D eigenvalue weighted by atomic mass is 16.6. The summed E-state index contributed by atoms with van der Waals surface area (Å²) in [7, 11) is 0. The van der Waals surface area contributed by atoms with Crippen molar-refractivity contribution < 1.29 is 42.9 Å². The Hall–Kier alpha value is -4.16. The number of fused-ring (bicyclic) bond motifs is 1. The zero-order chi connectivity index (χ0) is 33.8. The van der Waals surface area contributed by atoms with E-state index in [2.05, 4.69) is 4.98 Å². The molecule has 0 atom stereocenters. The van der Waals surface area contributed by atoms with Crippen molar-refractivity contribution in [1.82, 2.24) is 19.4 Å². The van der Waals surface area contributed by atoms with Crippen molar-refractivity contribution in [3.05, 3.63) is 30.1 Å². The first-order chi connectivity index (χ1) is 19.9. The van der Waals surface area contributed by atoms with Crippen LogP contribution in [0.1, 0.15) is 95.3 Å². The van der Waals surface area contributed by atoms with Gasteiger partial charge in [-0.2, -0.15) is 0 Å². The maximum absolute atomic E-state index is 13.4. The third-order valence-corrected chi connectivity index (χ3v) is 5.19. The van der Waals surface area contributed by atoms with E-state index in [4.69, 9.17) is 18.9 Å². The number of imide groups is 3. The molecule has 244 valence electrons. The molecule has 1 aromatic heterocycles. The molecule has 0 saturated heterocycles. The summed E-state index contributed by atoms with van der Waals surface area (Å²) in [4.78, 5) is 71.9. The van der Waals surface area contributed by atoms with E-state index in [-0.39, 0.29) is 23.8 Å². The standard InChI is InChI=1S/C31H46N4O9/c1-28(2,3)41-24(37)33(18-17-23(36)35(26(39)43-30(7,8)9)27(40)44-31(10,11)12)19-22-32-20-15-13-14-16-21(20)34(22)25(38)42-29(4,5)6/h13-16H,17-19H2,1-12H3. The number of carbonyl (C=O) groups excluding carboxylic acids is 5. The minimum atomic E-state index is -1.22. The van der Waals surface area contributed by atoms with Gasteiger partial charge in [-0.1, -0.05) is 12.1 Å². The molecule has 4 amide bonds. The van der Waals surface area contributed by atoms with Crippen LogP contribution in [0.3, 0.4) is 0 Å². The summed E-state index contributed by atoms with van der Waals surface area (Å²) < 4.78 is 23.0. The van der Waals surface area contributed by atoms with Crippen LogP contribution in [0.15, 0.2) is 24.3 Å². The lowest BCUT2D eigenvalue weighted by Crippen LogP contribution is -2.48. The lowest BCUT2D eigenvalue weighted by Gasteiger charge is -2.29. The molecule has 0 radical (unpaired) electrons. The first-order valence-corrected chi connectivity index (χ1v) is 14.3. The van der Waals surface area contributed by atoms with Crippen LogP contribution < -0.4 is 0 Å². The Morgan fingerprint density at radius 2 is 1.14 bits per heavy atom. The number of benzene rings is 1. The quantitative estimate of drug-likeness (QED) is 0.334. The summed E-state index contributed by atoms with van der Waals surface area (Å²) >= 11 is 0. The predicted octanol–water partition coefficient (Wildman–Crippen LogP) is 6.65. The molecule has 0 aliphatic heterocycles. The maximum atomic E-state index is 13.4. The summed E-state index contributed by atoms with van der Waals surface area (Å²) in [6, 6.07) is 6.89. The second-order valence-electron chi connectivity index (χ2n) is 14.2. The molecule has 0 aliphatic carbocycles. The van der Waals surface area contributed by atoms with Gasteiger partial charge in [-0.15, -0.1) is 4.90 Å². The van der Waals surface area contributed by atoms with Crippen molar-refractivity contribution in [2.45, 2.75) is 118 Å². The van der Waals surface area contributed by atoms with Gasteiger partial charge in [-0.25, -0.2) is 28.7 Å². The second-order valence-corrected chi connectivity index (χ2v) is 14.2. The highest BCUT2D eigenvalue weighted by molar-refractivity contribution is 6.06. The van der Waals surface area contributed by atoms with Crippen LogP contribution in [0.2, 0.25) is 0 Å². The molecule has 1 heterocycles. The summed E-state index contributed by atoms with van der Waals surface area (Å²) in [6.07, 6.45) is -4.44. The van der Waals surface area contributed by atoms with Gasteiger partial charge in [0.2, 0.25) is 5.91 Å². The SMILES string of the molecule is CC(C)(C)OC(=O)N(CCC(=O)N(C(=O)OC(C)(C)C)C(=O)OC(C)(C)C)Cc1nc2ccccc2n1C(=O)OC(C)(C)C. The number of rotatable bonds is 5. The molecule has 2 rings (SSSR count). The van der Waals surface area contributed by atoms with Crippen molar-refractivity contribution in [3.8, 4) is 0 Å². The molecular formula is C31H46N4O9. The fourth-order valence-corrected chi connectivity index (χ4v) is 3.66. The van der Waals surface area contributed by atoms with E-state index in [1.54, 1.807) is 107 Å². The Balaban J connectivity index is 2.48. The monoisotopic (exact) mass is 618 g/mol. The molecular weight excluding hydrogens is 572 g/mol. The Bertz CT molecular complexity index is 1360. The molecule has 13 nitrogen and oxygen atoms in total. The van der Waals surface area contributed by atoms with E-state index in [1.807, 2.05) is 0 Å². The van der Waals surface area contributed by atoms with E-state index in [1.165, 1.54) is 4.57 Å². The molecule has 44 heavy (non-hydrogen) atoms. The maximum Gasteiger partial charge on any atom is 0.426 e. The van der Waals surface area contributed by atoms with Crippen LogP contribution >= 0.6 is 0 Å². The number of para-hydroxylation sites is 2. The first-order valence-electron chi connectivity index (χ1n) is 14.3. The van der Waals surface area contributed by atoms with Gasteiger partial charge in [0.1, 0.15) is 28.2 Å². The molecule has 13 heteroatoms. The van der Waals surface area contributed by atoms with Gasteiger partial charge in [0, 0.05) is 13.0 Å². The number of ether oxygens (including phenoxy) is 4. The second kappa shape index (κ2) is 13.2. The lowest BCUT2D eigenvalue weighted by atomic mass is 10.2. The van der Waals surface area contributed by atoms with Gasteiger partial charge in [0.15, 0.2) is 0 Å². The van der Waals surface area contributed by atoms with E-state index in [0.29, 0.717) is 11.0 Å². The largest absolute Gasteiger partial charge is 0.444 e. The lowest BCUT2D eigenvalue weighted by molar-refractivity contribution is -0.129. The van der Waals surface area contributed by atoms with Crippen molar-refractivity contribution in [2.24, 2.45) is 0 Å². The van der Waals surface area contributed by atoms with Crippen LogP contribution in [-0.4, -0.2) is 78.6 Å². The molecule has 1 aromatic carbocycles. The average molecular weight is 619 g/mol. The Kier molecular flexibility index (Phi) is 10.8. The minimum Gasteiger partial charge on any atom is -0.444 e. The third kappa shape index (κ3) is 11.2. The molecule has 2 aromatic rings. The predicted molar refractivity (Wildman–Crippen MR) is 162 cm³/mol. The minimum absolute atomic E-state index is 0.148. The van der Waals surface area contributed by atoms with Crippen molar-refractivity contribution >= 4 is 41.3 Å². The summed E-state index contributed by atoms with van der Waals surface area (Å²) in [5.74, 6) is -0.822. The van der Waals surface area contributed by atoms with Crippen LogP contribution in [0.25, 0.3) is 11.0 Å². The third-order valence-electron chi connectivity index (χ3n) is 5.19. The van der Waals surface area contributed by atoms with Crippen molar-refractivity contribution in [2.75, 3.05) is 6.54 Å². The number of hydrogen-bond donors (Lipinski definition) is 0. The highest BCUT2D eigenvalue weighted by Gasteiger charge is 2.37. The number of aromatic nitrogens is 2. The molecule has 0 bridgehead atoms. The number of nitrogens with zero attached hydrogens (tertiary/aromatic N) is 4. The number of hydrogen-bond acceptors (Lipinski definition) is 10. The summed E-state index contributed by atoms with van der Waals surface area (Å²) in [5.41, 5.74) is -2.80. The van der Waals surface area contributed by atoms with Gasteiger partial charge in [0.25, 0.3) is 0 Å². The average Bonchev–Trinajstić information content (AvgIpc) is 3.15. The van der Waals surface area contributed by atoms with Crippen LogP contribution in [-0.2, 0) is 30.3 Å². The highest BCUT2D eigenvalue weighted by Crippen LogP contribution is 2.22. The Morgan fingerprint density at radius 3 is 1.61 bits per heavy atom. The molecule has 0 spiro atoms. The first kappa shape index (κ1) is 36.0. The Morgan fingerprint density at radius 1 is 0.682 bits per heavy atom. The zero-order valence-electron chi connectivity index (χ0n) is 27.9. The van der Waals surface area contributed by atoms with Crippen molar-refractivity contribution in [3.63, 3.8) is 0 Å². The van der Waals surface area contributed by atoms with Crippen LogP contribution in [0.5, 0.6) is 0 Å². The molecule has 0 fully saturated rings. The topological polar surface area (TPSA) is 147 Å².